The molecule has 1 unspecified atom stereocenters. The van der Waals surface area contributed by atoms with Crippen LogP contribution in [0.3, 0.4) is 0 Å². The van der Waals surface area contributed by atoms with Gasteiger partial charge in [0.1, 0.15) is 10.3 Å². The Hall–Kier alpha value is -0.610. The van der Waals surface area contributed by atoms with Gasteiger partial charge in [-0.2, -0.15) is 0 Å². The van der Waals surface area contributed by atoms with E-state index in [-0.39, 0.29) is 11.4 Å². The number of nitrogens with zero attached hydrogens (tertiary/aromatic N) is 3. The van der Waals surface area contributed by atoms with E-state index in [1.54, 1.807) is 0 Å². The summed E-state index contributed by atoms with van der Waals surface area (Å²) in [6, 6.07) is 0. The van der Waals surface area contributed by atoms with E-state index < -0.39 is 11.0 Å². The Morgan fingerprint density at radius 2 is 1.89 bits per heavy atom. The first-order chi connectivity index (χ1) is 12.6. The fourth-order valence-electron chi connectivity index (χ4n) is 3.11. The average molecular weight is 463 g/mol. The number of aryl methyl sites for hydroxylation is 1. The lowest BCUT2D eigenvalue weighted by atomic mass is 9.78. The summed E-state index contributed by atoms with van der Waals surface area (Å²) in [5, 5.41) is 14.5. The molecule has 0 aromatic carbocycles. The number of halogens is 1. The highest BCUT2D eigenvalue weighted by Gasteiger charge is 2.38. The minimum Gasteiger partial charge on any atom is -0.390 e. The molecule has 2 fully saturated rings. The zero-order valence-electron chi connectivity index (χ0n) is 16.6. The van der Waals surface area contributed by atoms with Crippen LogP contribution < -0.4 is 10.0 Å². The van der Waals surface area contributed by atoms with Gasteiger partial charge in [0.15, 0.2) is 5.82 Å². The highest BCUT2D eigenvalue weighted by atomic mass is 79.9. The van der Waals surface area contributed by atoms with Gasteiger partial charge in [-0.25, -0.2) is 14.2 Å². The summed E-state index contributed by atoms with van der Waals surface area (Å²) >= 11 is 3.37. The molecule has 7 nitrogen and oxygen atoms in total. The van der Waals surface area contributed by atoms with Crippen LogP contribution in [0.2, 0.25) is 0 Å². The third kappa shape index (κ3) is 5.93. The van der Waals surface area contributed by atoms with Gasteiger partial charge in [0, 0.05) is 19.7 Å². The van der Waals surface area contributed by atoms with Crippen LogP contribution in [0.25, 0.3) is 0 Å². The maximum Gasteiger partial charge on any atom is 0.153 e. The van der Waals surface area contributed by atoms with Crippen molar-refractivity contribution in [1.29, 1.82) is 0 Å². The maximum atomic E-state index is 10.4. The molecule has 154 valence electrons. The minimum atomic E-state index is -1.18. The molecule has 1 aromatic heterocycles. The molecule has 2 saturated heterocycles. The van der Waals surface area contributed by atoms with Crippen LogP contribution in [0.15, 0.2) is 4.60 Å². The summed E-state index contributed by atoms with van der Waals surface area (Å²) in [7, 11) is -1.18. The highest BCUT2D eigenvalue weighted by Crippen LogP contribution is 2.40. The lowest BCUT2D eigenvalue weighted by molar-refractivity contribution is 0.133. The number of hydrogen-bond acceptors (Lipinski definition) is 6. The molecular weight excluding hydrogens is 432 g/mol. The van der Waals surface area contributed by atoms with Gasteiger partial charge in [-0.3, -0.25) is 5.14 Å². The van der Waals surface area contributed by atoms with Crippen LogP contribution in [0.4, 0.5) is 5.82 Å². The van der Waals surface area contributed by atoms with Crippen molar-refractivity contribution >= 4 is 32.7 Å². The number of aliphatic hydroxyl groups is 1. The lowest BCUT2D eigenvalue weighted by Gasteiger charge is -2.39. The molecule has 9 heteroatoms. The fourth-order valence-corrected chi connectivity index (χ4v) is 3.42. The molecule has 0 bridgehead atoms. The van der Waals surface area contributed by atoms with Crippen LogP contribution in [-0.2, 0) is 22.3 Å². The molecular formula is C18H31BrN4O3S. The number of nitrogens with two attached hydrogens (primary N) is 1. The molecule has 1 spiro atoms. The molecule has 3 N–H and O–H groups in total. The molecule has 0 aliphatic carbocycles. The summed E-state index contributed by atoms with van der Waals surface area (Å²) in [6.45, 7) is 11.1. The topological polar surface area (TPSA) is 102 Å². The van der Waals surface area contributed by atoms with Crippen LogP contribution in [-0.4, -0.2) is 50.3 Å². The molecule has 0 amide bonds. The predicted molar refractivity (Wildman–Crippen MR) is 112 cm³/mol. The van der Waals surface area contributed by atoms with Crippen molar-refractivity contribution in [2.24, 2.45) is 10.6 Å². The summed E-state index contributed by atoms with van der Waals surface area (Å²) < 4.78 is 16.4. The Labute approximate surface area is 172 Å². The second kappa shape index (κ2) is 9.26. The number of aliphatic hydroxyl groups excluding tert-OH is 1. The third-order valence-corrected chi connectivity index (χ3v) is 7.08. The molecule has 1 atom stereocenters. The van der Waals surface area contributed by atoms with E-state index in [2.05, 4.69) is 30.8 Å². The van der Waals surface area contributed by atoms with Crippen molar-refractivity contribution in [3.05, 3.63) is 16.0 Å². The van der Waals surface area contributed by atoms with Crippen LogP contribution in [0, 0.1) is 12.3 Å². The van der Waals surface area contributed by atoms with Crippen molar-refractivity contribution < 1.29 is 14.1 Å². The maximum absolute atomic E-state index is 10.4. The third-order valence-electron chi connectivity index (χ3n) is 5.13. The van der Waals surface area contributed by atoms with E-state index in [4.69, 9.17) is 9.88 Å². The van der Waals surface area contributed by atoms with E-state index in [0.29, 0.717) is 15.7 Å². The summed E-state index contributed by atoms with van der Waals surface area (Å²) in [5.41, 5.74) is 1.90. The summed E-state index contributed by atoms with van der Waals surface area (Å²) in [5.74, 6) is 0.835. The summed E-state index contributed by atoms with van der Waals surface area (Å²) in [4.78, 5) is 11.3. The first-order valence-electron chi connectivity index (χ1n) is 9.21. The predicted octanol–water partition coefficient (Wildman–Crippen LogP) is 2.45. The van der Waals surface area contributed by atoms with Gasteiger partial charge in [0.2, 0.25) is 0 Å². The number of aromatic nitrogens is 2. The second-order valence-corrected chi connectivity index (χ2v) is 10.8. The lowest BCUT2D eigenvalue weighted by Crippen LogP contribution is -2.41. The molecule has 3 heterocycles. The number of hydrogen-bond donors (Lipinski definition) is 2. The average Bonchev–Trinajstić information content (AvgIpc) is 3.05. The Kier molecular flexibility index (Phi) is 7.78. The van der Waals surface area contributed by atoms with Crippen LogP contribution in [0.1, 0.15) is 51.4 Å². The fraction of sp³-hybridized carbons (Fsp3) is 0.778. The number of ether oxygens (including phenoxy) is 1. The minimum absolute atomic E-state index is 0.0774. The second-order valence-electron chi connectivity index (χ2n) is 8.23. The van der Waals surface area contributed by atoms with E-state index in [1.807, 2.05) is 27.7 Å². The Morgan fingerprint density at radius 3 is 2.33 bits per heavy atom. The van der Waals surface area contributed by atoms with Gasteiger partial charge in [-0.05, 0) is 68.3 Å². The number of rotatable bonds is 2. The van der Waals surface area contributed by atoms with Crippen molar-refractivity contribution in [3.63, 3.8) is 0 Å². The van der Waals surface area contributed by atoms with Gasteiger partial charge in [0.05, 0.1) is 34.6 Å². The van der Waals surface area contributed by atoms with E-state index in [0.717, 1.165) is 50.7 Å². The van der Waals surface area contributed by atoms with Gasteiger partial charge < -0.3 is 14.7 Å². The van der Waals surface area contributed by atoms with Gasteiger partial charge in [0.25, 0.3) is 0 Å². The first kappa shape index (κ1) is 22.7. The Morgan fingerprint density at radius 1 is 1.30 bits per heavy atom. The standard InChI is InChI=1S/C14H20BrN3O2.C4H11NOS/c1-10-12(15)17-11(8-19)13(16-10)18-5-2-14(3-6-18)4-7-20-9-14;1-4(2,3)7(5)6/h19H,2-9H2,1H3;5H2,1-3H3. The van der Waals surface area contributed by atoms with E-state index >= 15 is 0 Å². The Bertz CT molecular complexity index is 665. The van der Waals surface area contributed by atoms with Gasteiger partial charge in [-0.15, -0.1) is 0 Å². The monoisotopic (exact) mass is 462 g/mol. The van der Waals surface area contributed by atoms with Gasteiger partial charge >= 0.3 is 0 Å². The number of piperidine rings is 1. The van der Waals surface area contributed by atoms with E-state index in [9.17, 15) is 9.32 Å². The van der Waals surface area contributed by atoms with Crippen molar-refractivity contribution in [1.82, 2.24) is 9.97 Å². The van der Waals surface area contributed by atoms with Crippen LogP contribution >= 0.6 is 15.9 Å². The first-order valence-corrected chi connectivity index (χ1v) is 11.2. The smallest absolute Gasteiger partial charge is 0.153 e. The molecule has 27 heavy (non-hydrogen) atoms. The molecule has 0 radical (unpaired) electrons. The Balaban J connectivity index is 0.000000321. The molecule has 0 saturated carbocycles. The largest absolute Gasteiger partial charge is 0.390 e. The zero-order chi connectivity index (χ0) is 20.2. The molecule has 1 aromatic rings. The quantitative estimate of drug-likeness (QED) is 0.699. The van der Waals surface area contributed by atoms with Crippen molar-refractivity contribution in [2.75, 3.05) is 31.2 Å². The van der Waals surface area contributed by atoms with Crippen molar-refractivity contribution in [2.45, 2.75) is 58.3 Å². The van der Waals surface area contributed by atoms with Crippen molar-refractivity contribution in [3.8, 4) is 0 Å². The molecule has 2 aliphatic rings. The number of anilines is 1. The highest BCUT2D eigenvalue weighted by molar-refractivity contribution is 9.10. The van der Waals surface area contributed by atoms with Gasteiger partial charge in [-0.1, -0.05) is 0 Å². The molecule has 3 rings (SSSR count). The zero-order valence-corrected chi connectivity index (χ0v) is 19.0. The van der Waals surface area contributed by atoms with Crippen LogP contribution in [0.5, 0.6) is 0 Å². The normalized spacial score (nSPS) is 20.3. The molecule has 2 aliphatic heterocycles. The SMILES string of the molecule is CC(C)(C)S(N)=O.Cc1nc(N2CCC3(CCOC3)CC2)c(CO)nc1Br. The van der Waals surface area contributed by atoms with E-state index in [1.165, 1.54) is 6.42 Å². The summed E-state index contributed by atoms with van der Waals surface area (Å²) in [6.07, 6.45) is 3.45.